The normalized spacial score (nSPS) is 13.7. The van der Waals surface area contributed by atoms with Crippen molar-refractivity contribution in [2.24, 2.45) is 7.05 Å². The number of anilines is 3. The first-order chi connectivity index (χ1) is 19.0. The van der Waals surface area contributed by atoms with Crippen molar-refractivity contribution in [3.05, 3.63) is 96.6 Å². The van der Waals surface area contributed by atoms with Gasteiger partial charge < -0.3 is 19.7 Å². The van der Waals surface area contributed by atoms with Crippen LogP contribution in [0.5, 0.6) is 0 Å². The molecule has 0 unspecified atom stereocenters. The number of piperazine rings is 1. The van der Waals surface area contributed by atoms with Gasteiger partial charge in [0.25, 0.3) is 0 Å². The first-order valence-corrected chi connectivity index (χ1v) is 13.2. The third kappa shape index (κ3) is 4.93. The van der Waals surface area contributed by atoms with Crippen molar-refractivity contribution in [2.45, 2.75) is 13.3 Å². The molecule has 3 aromatic carbocycles. The van der Waals surface area contributed by atoms with Crippen LogP contribution in [0.3, 0.4) is 0 Å². The second kappa shape index (κ2) is 10.2. The molecule has 196 valence electrons. The van der Waals surface area contributed by atoms with E-state index in [4.69, 9.17) is 0 Å². The van der Waals surface area contributed by atoms with Crippen LogP contribution in [0.25, 0.3) is 21.9 Å². The van der Waals surface area contributed by atoms with E-state index in [-0.39, 0.29) is 5.91 Å². The quantitative estimate of drug-likeness (QED) is 0.320. The third-order valence-electron chi connectivity index (χ3n) is 7.54. The van der Waals surface area contributed by atoms with Crippen molar-refractivity contribution in [1.82, 2.24) is 24.4 Å². The van der Waals surface area contributed by atoms with Gasteiger partial charge in [-0.15, -0.1) is 0 Å². The lowest BCUT2D eigenvalue weighted by atomic mass is 9.99. The molecule has 0 spiro atoms. The summed E-state index contributed by atoms with van der Waals surface area (Å²) in [5.41, 5.74) is 8.87. The number of carbonyl (C=O) groups is 1. The van der Waals surface area contributed by atoms with Gasteiger partial charge in [-0.1, -0.05) is 18.7 Å². The largest absolute Gasteiger partial charge is 0.368 e. The SMILES string of the molecule is C=CC(=O)N1CCN(c2ccc3ncnc(Nc4ccc(Cc5ccc6c(c5)ncn6C)c(C)c4)c3c2)CC1. The van der Waals surface area contributed by atoms with E-state index in [1.807, 2.05) is 28.9 Å². The van der Waals surface area contributed by atoms with Gasteiger partial charge in [-0.3, -0.25) is 4.79 Å². The van der Waals surface area contributed by atoms with Gasteiger partial charge in [-0.2, -0.15) is 0 Å². The number of carbonyl (C=O) groups excluding carboxylic acids is 1. The van der Waals surface area contributed by atoms with Crippen molar-refractivity contribution in [3.63, 3.8) is 0 Å². The molecule has 0 radical (unpaired) electrons. The number of hydrogen-bond donors (Lipinski definition) is 1. The average Bonchev–Trinajstić information content (AvgIpc) is 3.34. The molecule has 1 aliphatic rings. The van der Waals surface area contributed by atoms with Crippen molar-refractivity contribution in [1.29, 1.82) is 0 Å². The van der Waals surface area contributed by atoms with Crippen LogP contribution >= 0.6 is 0 Å². The zero-order chi connectivity index (χ0) is 26.9. The molecule has 39 heavy (non-hydrogen) atoms. The first-order valence-electron chi connectivity index (χ1n) is 13.2. The van der Waals surface area contributed by atoms with Crippen LogP contribution in [0.2, 0.25) is 0 Å². The minimum absolute atomic E-state index is 0.0105. The number of aromatic nitrogens is 4. The summed E-state index contributed by atoms with van der Waals surface area (Å²) >= 11 is 0. The van der Waals surface area contributed by atoms with Crippen LogP contribution in [0, 0.1) is 6.92 Å². The Balaban J connectivity index is 1.20. The van der Waals surface area contributed by atoms with Gasteiger partial charge in [0.15, 0.2) is 0 Å². The second-order valence-electron chi connectivity index (χ2n) is 10.1. The van der Waals surface area contributed by atoms with Crippen molar-refractivity contribution in [3.8, 4) is 0 Å². The average molecular weight is 518 g/mol. The van der Waals surface area contributed by atoms with Gasteiger partial charge in [-0.05, 0) is 78.6 Å². The molecule has 1 N–H and O–H groups in total. The molecular formula is C31H31N7O. The Labute approximate surface area is 227 Å². The summed E-state index contributed by atoms with van der Waals surface area (Å²) in [5.74, 6) is 0.763. The van der Waals surface area contributed by atoms with E-state index in [2.05, 4.69) is 87.2 Å². The minimum atomic E-state index is -0.0105. The Morgan fingerprint density at radius 3 is 2.62 bits per heavy atom. The molecule has 0 bridgehead atoms. The standard InChI is InChI=1S/C31H31N7O/c1-4-30(39)38-13-11-37(12-14-38)25-8-9-27-26(18-25)31(33-19-32-27)35-24-7-6-23(21(2)15-24)16-22-5-10-29-28(17-22)34-20-36(29)3/h4-10,15,17-20H,1,11-14,16H2,2-3H3,(H,32,33,35). The zero-order valence-electron chi connectivity index (χ0n) is 22.3. The van der Waals surface area contributed by atoms with E-state index in [1.165, 1.54) is 22.8 Å². The lowest BCUT2D eigenvalue weighted by Crippen LogP contribution is -2.48. The van der Waals surface area contributed by atoms with Gasteiger partial charge in [0.1, 0.15) is 12.1 Å². The van der Waals surface area contributed by atoms with Crippen molar-refractivity contribution >= 4 is 45.0 Å². The highest BCUT2D eigenvalue weighted by molar-refractivity contribution is 5.93. The number of hydrogen-bond acceptors (Lipinski definition) is 6. The summed E-state index contributed by atoms with van der Waals surface area (Å²) < 4.78 is 2.04. The van der Waals surface area contributed by atoms with Crippen molar-refractivity contribution < 1.29 is 4.79 Å². The Bertz CT molecular complexity index is 1700. The Morgan fingerprint density at radius 1 is 0.974 bits per heavy atom. The van der Waals surface area contributed by atoms with E-state index in [1.54, 1.807) is 6.33 Å². The molecule has 5 aromatic rings. The summed E-state index contributed by atoms with van der Waals surface area (Å²) in [4.78, 5) is 29.6. The molecule has 1 saturated heterocycles. The van der Waals surface area contributed by atoms with Crippen LogP contribution < -0.4 is 10.2 Å². The van der Waals surface area contributed by atoms with Gasteiger partial charge in [-0.25, -0.2) is 15.0 Å². The smallest absolute Gasteiger partial charge is 0.246 e. The lowest BCUT2D eigenvalue weighted by Gasteiger charge is -2.35. The first kappa shape index (κ1) is 24.6. The minimum Gasteiger partial charge on any atom is -0.368 e. The summed E-state index contributed by atoms with van der Waals surface area (Å²) in [6.07, 6.45) is 5.69. The van der Waals surface area contributed by atoms with Gasteiger partial charge >= 0.3 is 0 Å². The van der Waals surface area contributed by atoms with E-state index in [0.717, 1.165) is 58.6 Å². The Morgan fingerprint density at radius 2 is 1.82 bits per heavy atom. The Hall–Kier alpha value is -4.72. The molecule has 0 atom stereocenters. The number of aryl methyl sites for hydroxylation is 2. The van der Waals surface area contributed by atoms with Gasteiger partial charge in [0.05, 0.1) is 22.9 Å². The highest BCUT2D eigenvalue weighted by Crippen LogP contribution is 2.29. The molecule has 1 fully saturated rings. The molecule has 1 amide bonds. The number of amides is 1. The van der Waals surface area contributed by atoms with E-state index >= 15 is 0 Å². The lowest BCUT2D eigenvalue weighted by molar-refractivity contribution is -0.126. The molecule has 3 heterocycles. The third-order valence-corrected chi connectivity index (χ3v) is 7.54. The monoisotopic (exact) mass is 517 g/mol. The molecule has 6 rings (SSSR count). The molecule has 8 heteroatoms. The molecular weight excluding hydrogens is 486 g/mol. The van der Waals surface area contributed by atoms with E-state index < -0.39 is 0 Å². The zero-order valence-corrected chi connectivity index (χ0v) is 22.3. The Kier molecular flexibility index (Phi) is 6.44. The highest BCUT2D eigenvalue weighted by Gasteiger charge is 2.20. The van der Waals surface area contributed by atoms with E-state index in [0.29, 0.717) is 13.1 Å². The highest BCUT2D eigenvalue weighted by atomic mass is 16.2. The predicted octanol–water partition coefficient (Wildman–Crippen LogP) is 4.99. The fourth-order valence-electron chi connectivity index (χ4n) is 5.28. The molecule has 2 aromatic heterocycles. The maximum atomic E-state index is 11.9. The maximum absolute atomic E-state index is 11.9. The molecule has 8 nitrogen and oxygen atoms in total. The molecule has 1 aliphatic heterocycles. The van der Waals surface area contributed by atoms with Crippen molar-refractivity contribution in [2.75, 3.05) is 36.4 Å². The number of nitrogens with one attached hydrogen (secondary N) is 1. The topological polar surface area (TPSA) is 79.2 Å². The number of imidazole rings is 1. The second-order valence-corrected chi connectivity index (χ2v) is 10.1. The van der Waals surface area contributed by atoms with Crippen LogP contribution in [0.1, 0.15) is 16.7 Å². The summed E-state index contributed by atoms with van der Waals surface area (Å²) in [5, 5.41) is 4.48. The number of fused-ring (bicyclic) bond motifs is 2. The predicted molar refractivity (Wildman–Crippen MR) is 157 cm³/mol. The number of nitrogens with zero attached hydrogens (tertiary/aromatic N) is 6. The fraction of sp³-hybridized carbons (Fsp3) is 0.226. The molecule has 0 aliphatic carbocycles. The molecule has 0 saturated carbocycles. The van der Waals surface area contributed by atoms with Gasteiger partial charge in [0, 0.05) is 50.0 Å². The van der Waals surface area contributed by atoms with Crippen LogP contribution in [-0.2, 0) is 18.3 Å². The number of rotatable bonds is 6. The fourth-order valence-corrected chi connectivity index (χ4v) is 5.28. The van der Waals surface area contributed by atoms with Crippen LogP contribution in [-0.4, -0.2) is 56.5 Å². The number of benzene rings is 3. The van der Waals surface area contributed by atoms with Crippen LogP contribution in [0.4, 0.5) is 17.2 Å². The van der Waals surface area contributed by atoms with Crippen LogP contribution in [0.15, 0.2) is 79.9 Å². The van der Waals surface area contributed by atoms with Gasteiger partial charge in [0.2, 0.25) is 5.91 Å². The maximum Gasteiger partial charge on any atom is 0.246 e. The summed E-state index contributed by atoms with van der Waals surface area (Å²) in [6.45, 7) is 8.66. The summed E-state index contributed by atoms with van der Waals surface area (Å²) in [7, 11) is 2.02. The summed E-state index contributed by atoms with van der Waals surface area (Å²) in [6, 6.07) is 19.2. The van der Waals surface area contributed by atoms with E-state index in [9.17, 15) is 4.79 Å².